The lowest BCUT2D eigenvalue weighted by Crippen LogP contribution is -2.42. The minimum Gasteiger partial charge on any atom is -0.491 e. The number of nitrogens with zero attached hydrogens (tertiary/aromatic N) is 2. The molecule has 2 aromatic carbocycles. The van der Waals surface area contributed by atoms with Crippen molar-refractivity contribution in [3.05, 3.63) is 74.1 Å². The largest absolute Gasteiger partial charge is 0.491 e. The van der Waals surface area contributed by atoms with E-state index in [1.165, 1.54) is 0 Å². The van der Waals surface area contributed by atoms with E-state index in [0.717, 1.165) is 30.0 Å². The number of fused-ring (bicyclic) bond motifs is 2. The standard InChI is InChI=1S/C27H29ClN2O5/c1-16(2)34-19-6-4-18(5-7-19)24-23-25(31)20-15-21(28)17(3)14-22(20)35-26(23)27(32)30(24)9-8-29-10-12-33-13-11-29/h4-7,14-16,24H,8-13H2,1-3H3. The highest BCUT2D eigenvalue weighted by Crippen LogP contribution is 2.39. The Bertz CT molecular complexity index is 1310. The first-order valence-corrected chi connectivity index (χ1v) is 12.4. The number of amides is 1. The van der Waals surface area contributed by atoms with Gasteiger partial charge in [0.2, 0.25) is 5.76 Å². The second kappa shape index (κ2) is 9.64. The van der Waals surface area contributed by atoms with Crippen LogP contribution in [0.2, 0.25) is 5.02 Å². The van der Waals surface area contributed by atoms with E-state index in [4.69, 9.17) is 25.5 Å². The number of rotatable bonds is 6. The summed E-state index contributed by atoms with van der Waals surface area (Å²) in [5.74, 6) is 0.576. The first kappa shape index (κ1) is 23.9. The Morgan fingerprint density at radius 1 is 1.09 bits per heavy atom. The second-order valence-corrected chi connectivity index (χ2v) is 9.77. The van der Waals surface area contributed by atoms with E-state index in [1.54, 1.807) is 17.0 Å². The summed E-state index contributed by atoms with van der Waals surface area (Å²) in [6, 6.07) is 10.4. The summed E-state index contributed by atoms with van der Waals surface area (Å²) >= 11 is 6.33. The summed E-state index contributed by atoms with van der Waals surface area (Å²) in [4.78, 5) is 31.4. The van der Waals surface area contributed by atoms with Gasteiger partial charge in [-0.3, -0.25) is 14.5 Å². The first-order valence-electron chi connectivity index (χ1n) is 12.0. The van der Waals surface area contributed by atoms with Crippen LogP contribution >= 0.6 is 11.6 Å². The lowest BCUT2D eigenvalue weighted by atomic mass is 9.98. The number of carbonyl (C=O) groups excluding carboxylic acids is 1. The summed E-state index contributed by atoms with van der Waals surface area (Å²) in [5, 5.41) is 0.872. The van der Waals surface area contributed by atoms with Crippen molar-refractivity contribution >= 4 is 28.5 Å². The van der Waals surface area contributed by atoms with Gasteiger partial charge < -0.3 is 18.8 Å². The zero-order chi connectivity index (χ0) is 24.7. The molecular weight excluding hydrogens is 468 g/mol. The van der Waals surface area contributed by atoms with Crippen molar-refractivity contribution in [3.8, 4) is 5.75 Å². The van der Waals surface area contributed by atoms with Crippen molar-refractivity contribution < 1.29 is 18.7 Å². The van der Waals surface area contributed by atoms with Gasteiger partial charge in [-0.05, 0) is 56.2 Å². The summed E-state index contributed by atoms with van der Waals surface area (Å²) in [7, 11) is 0. The molecule has 2 aliphatic rings. The first-order chi connectivity index (χ1) is 16.8. The van der Waals surface area contributed by atoms with E-state index in [1.807, 2.05) is 45.0 Å². The molecule has 1 fully saturated rings. The third-order valence-corrected chi connectivity index (χ3v) is 6.98. The molecule has 0 bridgehead atoms. The predicted molar refractivity (Wildman–Crippen MR) is 135 cm³/mol. The number of ether oxygens (including phenoxy) is 2. The fraction of sp³-hybridized carbons (Fsp3) is 0.407. The maximum atomic E-state index is 13.7. The van der Waals surface area contributed by atoms with E-state index < -0.39 is 6.04 Å². The number of carbonyl (C=O) groups is 1. The Balaban J connectivity index is 1.58. The van der Waals surface area contributed by atoms with Crippen LogP contribution in [0, 0.1) is 6.92 Å². The van der Waals surface area contributed by atoms with Crippen molar-refractivity contribution in [2.45, 2.75) is 32.9 Å². The normalized spacial score (nSPS) is 18.5. The van der Waals surface area contributed by atoms with Gasteiger partial charge in [0.25, 0.3) is 5.91 Å². The van der Waals surface area contributed by atoms with Crippen LogP contribution in [0.15, 0.2) is 45.6 Å². The van der Waals surface area contributed by atoms with Crippen LogP contribution in [0.4, 0.5) is 0 Å². The highest BCUT2D eigenvalue weighted by atomic mass is 35.5. The zero-order valence-corrected chi connectivity index (χ0v) is 20.9. The molecule has 1 atom stereocenters. The fourth-order valence-electron chi connectivity index (χ4n) is 4.79. The molecule has 0 spiro atoms. The molecule has 1 saturated heterocycles. The van der Waals surface area contributed by atoms with Gasteiger partial charge >= 0.3 is 0 Å². The molecule has 3 aromatic rings. The average molecular weight is 497 g/mol. The highest BCUT2D eigenvalue weighted by molar-refractivity contribution is 6.32. The average Bonchev–Trinajstić information content (AvgIpc) is 3.12. The van der Waals surface area contributed by atoms with E-state index >= 15 is 0 Å². The molecule has 1 amide bonds. The Morgan fingerprint density at radius 2 is 1.80 bits per heavy atom. The van der Waals surface area contributed by atoms with Crippen LogP contribution in [0.1, 0.15) is 47.1 Å². The van der Waals surface area contributed by atoms with Crippen LogP contribution < -0.4 is 10.2 Å². The molecule has 2 aliphatic heterocycles. The maximum Gasteiger partial charge on any atom is 0.290 e. The van der Waals surface area contributed by atoms with E-state index in [2.05, 4.69) is 4.90 Å². The summed E-state index contributed by atoms with van der Waals surface area (Å²) < 4.78 is 17.3. The van der Waals surface area contributed by atoms with Gasteiger partial charge in [0.05, 0.1) is 36.3 Å². The van der Waals surface area contributed by atoms with Gasteiger partial charge in [-0.15, -0.1) is 0 Å². The smallest absolute Gasteiger partial charge is 0.290 e. The topological polar surface area (TPSA) is 72.2 Å². The number of aryl methyl sites for hydroxylation is 1. The van der Waals surface area contributed by atoms with Crippen LogP contribution in [0.3, 0.4) is 0 Å². The summed E-state index contributed by atoms with van der Waals surface area (Å²) in [5.41, 5.74) is 2.13. The van der Waals surface area contributed by atoms with Crippen molar-refractivity contribution in [2.75, 3.05) is 39.4 Å². The lowest BCUT2D eigenvalue weighted by molar-refractivity contribution is 0.0314. The molecule has 0 N–H and O–H groups in total. The zero-order valence-electron chi connectivity index (χ0n) is 20.2. The molecule has 5 rings (SSSR count). The van der Waals surface area contributed by atoms with Crippen LogP contribution in [0.25, 0.3) is 11.0 Å². The molecule has 8 heteroatoms. The third kappa shape index (κ3) is 4.56. The molecule has 1 aromatic heterocycles. The van der Waals surface area contributed by atoms with E-state index in [9.17, 15) is 9.59 Å². The van der Waals surface area contributed by atoms with Gasteiger partial charge in [-0.25, -0.2) is 0 Å². The number of benzene rings is 2. The second-order valence-electron chi connectivity index (χ2n) is 9.36. The van der Waals surface area contributed by atoms with Crippen LogP contribution in [-0.2, 0) is 4.74 Å². The van der Waals surface area contributed by atoms with Gasteiger partial charge in [-0.2, -0.15) is 0 Å². The van der Waals surface area contributed by atoms with Crippen LogP contribution in [-0.4, -0.2) is 61.2 Å². The molecule has 7 nitrogen and oxygen atoms in total. The molecule has 0 saturated carbocycles. The number of hydrogen-bond acceptors (Lipinski definition) is 6. The maximum absolute atomic E-state index is 13.7. The number of halogens is 1. The minimum atomic E-state index is -0.549. The molecular formula is C27H29ClN2O5. The highest BCUT2D eigenvalue weighted by Gasteiger charge is 2.42. The van der Waals surface area contributed by atoms with E-state index in [0.29, 0.717) is 47.9 Å². The molecule has 184 valence electrons. The summed E-state index contributed by atoms with van der Waals surface area (Å²) in [6.07, 6.45) is 0.0475. The Hall–Kier alpha value is -2.87. The third-order valence-electron chi connectivity index (χ3n) is 6.58. The number of hydrogen-bond donors (Lipinski definition) is 0. The molecule has 3 heterocycles. The SMILES string of the molecule is Cc1cc2oc3c(c(=O)c2cc1Cl)C(c1ccc(OC(C)C)cc1)N(CCN1CCOCC1)C3=O. The monoisotopic (exact) mass is 496 g/mol. The van der Waals surface area contributed by atoms with Gasteiger partial charge in [-0.1, -0.05) is 23.7 Å². The van der Waals surface area contributed by atoms with Crippen molar-refractivity contribution in [1.82, 2.24) is 9.80 Å². The Morgan fingerprint density at radius 3 is 2.49 bits per heavy atom. The molecule has 1 unspecified atom stereocenters. The van der Waals surface area contributed by atoms with Crippen LogP contribution in [0.5, 0.6) is 5.75 Å². The molecule has 0 radical (unpaired) electrons. The van der Waals surface area contributed by atoms with Crippen molar-refractivity contribution in [2.24, 2.45) is 0 Å². The summed E-state index contributed by atoms with van der Waals surface area (Å²) in [6.45, 7) is 9.93. The Labute approximate surface area is 209 Å². The van der Waals surface area contributed by atoms with Crippen molar-refractivity contribution in [1.29, 1.82) is 0 Å². The van der Waals surface area contributed by atoms with Gasteiger partial charge in [0.15, 0.2) is 5.43 Å². The molecule has 0 aliphatic carbocycles. The van der Waals surface area contributed by atoms with E-state index in [-0.39, 0.29) is 23.2 Å². The Kier molecular flexibility index (Phi) is 6.57. The lowest BCUT2D eigenvalue weighted by Gasteiger charge is -2.31. The predicted octanol–water partition coefficient (Wildman–Crippen LogP) is 4.42. The fourth-order valence-corrected chi connectivity index (χ4v) is 4.96. The molecule has 35 heavy (non-hydrogen) atoms. The van der Waals surface area contributed by atoms with Crippen molar-refractivity contribution in [3.63, 3.8) is 0 Å². The van der Waals surface area contributed by atoms with Gasteiger partial charge in [0.1, 0.15) is 11.3 Å². The quantitative estimate of drug-likeness (QED) is 0.503. The minimum absolute atomic E-state index is 0.0475. The van der Waals surface area contributed by atoms with Gasteiger partial charge in [0, 0.05) is 31.2 Å². The number of morpholine rings is 1.